The zero-order valence-electron chi connectivity index (χ0n) is 15.3. The van der Waals surface area contributed by atoms with Gasteiger partial charge in [0.15, 0.2) is 0 Å². The number of aromatic nitrogens is 1. The highest BCUT2D eigenvalue weighted by Crippen LogP contribution is 2.38. The lowest BCUT2D eigenvalue weighted by molar-refractivity contribution is 0.589. The Labute approximate surface area is 161 Å². The second-order valence-electron chi connectivity index (χ2n) is 6.94. The van der Waals surface area contributed by atoms with E-state index in [4.69, 9.17) is 0 Å². The topological polar surface area (TPSA) is 4.93 Å². The lowest BCUT2D eigenvalue weighted by atomic mass is 9.99. The number of aryl methyl sites for hydroxylation is 1. The SMILES string of the molecule is Cc1cccc(-c2c(F)cccc2F)c1-n1c2ccccc2c2ccccc21. The van der Waals surface area contributed by atoms with Gasteiger partial charge in [0, 0.05) is 16.3 Å². The van der Waals surface area contributed by atoms with E-state index in [0.717, 1.165) is 33.1 Å². The summed E-state index contributed by atoms with van der Waals surface area (Å²) in [5.74, 6) is -1.12. The van der Waals surface area contributed by atoms with E-state index in [2.05, 4.69) is 16.7 Å². The van der Waals surface area contributed by atoms with Gasteiger partial charge in [0.05, 0.1) is 22.3 Å². The van der Waals surface area contributed by atoms with Gasteiger partial charge in [0.25, 0.3) is 0 Å². The van der Waals surface area contributed by atoms with Crippen LogP contribution in [0.4, 0.5) is 8.78 Å². The molecule has 0 radical (unpaired) electrons. The van der Waals surface area contributed by atoms with Gasteiger partial charge in [-0.15, -0.1) is 0 Å². The normalized spacial score (nSPS) is 11.4. The summed E-state index contributed by atoms with van der Waals surface area (Å²) in [6, 6.07) is 25.8. The molecule has 0 spiro atoms. The predicted octanol–water partition coefficient (Wildman–Crippen LogP) is 7.04. The third-order valence-electron chi connectivity index (χ3n) is 5.27. The number of fused-ring (bicyclic) bond motifs is 3. The fourth-order valence-electron chi connectivity index (χ4n) is 4.08. The summed E-state index contributed by atoms with van der Waals surface area (Å²) in [6.07, 6.45) is 0. The number of hydrogen-bond donors (Lipinski definition) is 0. The average molecular weight is 369 g/mol. The predicted molar refractivity (Wildman–Crippen MR) is 111 cm³/mol. The van der Waals surface area contributed by atoms with Crippen molar-refractivity contribution >= 4 is 21.8 Å². The average Bonchev–Trinajstić information content (AvgIpc) is 3.03. The highest BCUT2D eigenvalue weighted by atomic mass is 19.1. The molecule has 5 aromatic rings. The highest BCUT2D eigenvalue weighted by molar-refractivity contribution is 6.09. The molecule has 28 heavy (non-hydrogen) atoms. The smallest absolute Gasteiger partial charge is 0.134 e. The molecule has 0 amide bonds. The highest BCUT2D eigenvalue weighted by Gasteiger charge is 2.20. The van der Waals surface area contributed by atoms with Gasteiger partial charge in [0.1, 0.15) is 11.6 Å². The molecule has 0 aliphatic rings. The first-order valence-corrected chi connectivity index (χ1v) is 9.19. The van der Waals surface area contributed by atoms with E-state index >= 15 is 0 Å². The van der Waals surface area contributed by atoms with Crippen molar-refractivity contribution in [2.75, 3.05) is 0 Å². The summed E-state index contributed by atoms with van der Waals surface area (Å²) in [4.78, 5) is 0. The van der Waals surface area contributed by atoms with Gasteiger partial charge in [0.2, 0.25) is 0 Å². The van der Waals surface area contributed by atoms with Crippen LogP contribution in [0.25, 0.3) is 38.6 Å². The summed E-state index contributed by atoms with van der Waals surface area (Å²) in [5.41, 5.74) is 4.31. The standard InChI is InChI=1S/C25H17F2N/c1-16-8-6-11-19(24-20(26)12-7-13-21(24)27)25(16)28-22-14-4-2-9-17(22)18-10-3-5-15-23(18)28/h2-15H,1H3. The van der Waals surface area contributed by atoms with Gasteiger partial charge < -0.3 is 4.57 Å². The van der Waals surface area contributed by atoms with E-state index in [9.17, 15) is 8.78 Å². The van der Waals surface area contributed by atoms with Crippen molar-refractivity contribution in [2.24, 2.45) is 0 Å². The van der Waals surface area contributed by atoms with Crippen molar-refractivity contribution in [2.45, 2.75) is 6.92 Å². The molecule has 0 aliphatic carbocycles. The van der Waals surface area contributed by atoms with Crippen LogP contribution in [0, 0.1) is 18.6 Å². The molecule has 0 aliphatic heterocycles. The van der Waals surface area contributed by atoms with E-state index in [1.54, 1.807) is 6.07 Å². The van der Waals surface area contributed by atoms with Crippen molar-refractivity contribution < 1.29 is 8.78 Å². The Morgan fingerprint density at radius 1 is 0.607 bits per heavy atom. The fourth-order valence-corrected chi connectivity index (χ4v) is 4.08. The van der Waals surface area contributed by atoms with Gasteiger partial charge in [-0.3, -0.25) is 0 Å². The molecule has 1 heterocycles. The molecule has 0 N–H and O–H groups in total. The molecule has 136 valence electrons. The Morgan fingerprint density at radius 2 is 1.14 bits per heavy atom. The van der Waals surface area contributed by atoms with Crippen LogP contribution in [0.5, 0.6) is 0 Å². The lowest BCUT2D eigenvalue weighted by Gasteiger charge is -2.17. The third-order valence-corrected chi connectivity index (χ3v) is 5.27. The van der Waals surface area contributed by atoms with Crippen molar-refractivity contribution in [1.29, 1.82) is 0 Å². The Morgan fingerprint density at radius 3 is 1.75 bits per heavy atom. The van der Waals surface area contributed by atoms with Crippen LogP contribution in [-0.4, -0.2) is 4.57 Å². The van der Waals surface area contributed by atoms with Gasteiger partial charge in [-0.1, -0.05) is 60.7 Å². The van der Waals surface area contributed by atoms with E-state index in [-0.39, 0.29) is 5.56 Å². The van der Waals surface area contributed by atoms with E-state index in [1.807, 2.05) is 55.5 Å². The largest absolute Gasteiger partial charge is 0.308 e. The maximum absolute atomic E-state index is 14.7. The molecular formula is C25H17F2N. The Hall–Kier alpha value is -3.46. The summed E-state index contributed by atoms with van der Waals surface area (Å²) >= 11 is 0. The number of para-hydroxylation sites is 3. The van der Waals surface area contributed by atoms with Crippen molar-refractivity contribution in [3.63, 3.8) is 0 Å². The van der Waals surface area contributed by atoms with E-state index in [0.29, 0.717) is 5.56 Å². The van der Waals surface area contributed by atoms with Crippen LogP contribution in [-0.2, 0) is 0 Å². The molecule has 0 bridgehead atoms. The van der Waals surface area contributed by atoms with E-state index < -0.39 is 11.6 Å². The van der Waals surface area contributed by atoms with Crippen LogP contribution in [0.1, 0.15) is 5.56 Å². The summed E-state index contributed by atoms with van der Waals surface area (Å²) in [5, 5.41) is 2.22. The molecule has 3 heteroatoms. The molecule has 0 unspecified atom stereocenters. The minimum atomic E-state index is -0.562. The molecular weight excluding hydrogens is 352 g/mol. The van der Waals surface area contributed by atoms with Crippen molar-refractivity contribution in [1.82, 2.24) is 4.57 Å². The molecule has 0 atom stereocenters. The summed E-state index contributed by atoms with van der Waals surface area (Å²) in [6.45, 7) is 1.97. The minimum absolute atomic E-state index is 0.00284. The zero-order chi connectivity index (χ0) is 19.3. The maximum atomic E-state index is 14.7. The van der Waals surface area contributed by atoms with E-state index in [1.165, 1.54) is 18.2 Å². The van der Waals surface area contributed by atoms with Crippen LogP contribution < -0.4 is 0 Å². The lowest BCUT2D eigenvalue weighted by Crippen LogP contribution is -2.02. The first-order valence-electron chi connectivity index (χ1n) is 9.19. The molecule has 0 saturated carbocycles. The monoisotopic (exact) mass is 369 g/mol. The Bertz CT molecular complexity index is 1270. The minimum Gasteiger partial charge on any atom is -0.308 e. The van der Waals surface area contributed by atoms with Crippen LogP contribution in [0.15, 0.2) is 84.9 Å². The first kappa shape index (κ1) is 16.7. The second-order valence-corrected chi connectivity index (χ2v) is 6.94. The Kier molecular flexibility index (Phi) is 3.76. The molecule has 0 saturated heterocycles. The van der Waals surface area contributed by atoms with Gasteiger partial charge >= 0.3 is 0 Å². The summed E-state index contributed by atoms with van der Waals surface area (Å²) in [7, 11) is 0. The van der Waals surface area contributed by atoms with Crippen LogP contribution in [0.2, 0.25) is 0 Å². The fraction of sp³-hybridized carbons (Fsp3) is 0.0400. The molecule has 4 aromatic carbocycles. The number of rotatable bonds is 2. The quantitative estimate of drug-likeness (QED) is 0.314. The number of hydrogen-bond acceptors (Lipinski definition) is 0. The number of halogens is 2. The van der Waals surface area contributed by atoms with Crippen LogP contribution >= 0.6 is 0 Å². The first-order chi connectivity index (χ1) is 13.7. The maximum Gasteiger partial charge on any atom is 0.134 e. The van der Waals surface area contributed by atoms with Crippen LogP contribution in [0.3, 0.4) is 0 Å². The van der Waals surface area contributed by atoms with Gasteiger partial charge in [-0.05, 0) is 36.8 Å². The third kappa shape index (κ3) is 2.36. The number of benzene rings is 4. The van der Waals surface area contributed by atoms with Crippen molar-refractivity contribution in [3.05, 3.63) is 102 Å². The van der Waals surface area contributed by atoms with Crippen molar-refractivity contribution in [3.8, 4) is 16.8 Å². The molecule has 5 rings (SSSR count). The summed E-state index contributed by atoms with van der Waals surface area (Å²) < 4.78 is 31.4. The zero-order valence-corrected chi connectivity index (χ0v) is 15.3. The molecule has 0 fully saturated rings. The Balaban J connectivity index is 1.97. The van der Waals surface area contributed by atoms with Gasteiger partial charge in [-0.2, -0.15) is 0 Å². The molecule has 1 aromatic heterocycles. The molecule has 1 nitrogen and oxygen atoms in total. The van der Waals surface area contributed by atoms with Gasteiger partial charge in [-0.25, -0.2) is 8.78 Å². The number of nitrogens with zero attached hydrogens (tertiary/aromatic N) is 1. The second kappa shape index (κ2) is 6.31.